The first-order valence-corrected chi connectivity index (χ1v) is 7.09. The van der Waals surface area contributed by atoms with Crippen molar-refractivity contribution in [1.82, 2.24) is 15.2 Å². The van der Waals surface area contributed by atoms with E-state index in [-0.39, 0.29) is 23.4 Å². The highest BCUT2D eigenvalue weighted by molar-refractivity contribution is 5.82. The van der Waals surface area contributed by atoms with Crippen LogP contribution in [0.15, 0.2) is 24.5 Å². The number of hydrogen-bond acceptors (Lipinski definition) is 4. The molecule has 1 saturated heterocycles. The van der Waals surface area contributed by atoms with Crippen LogP contribution in [0.4, 0.5) is 0 Å². The number of pyridine rings is 1. The van der Waals surface area contributed by atoms with Crippen LogP contribution in [-0.2, 0) is 4.79 Å². The van der Waals surface area contributed by atoms with Crippen LogP contribution in [0.5, 0.6) is 0 Å². The lowest BCUT2D eigenvalue weighted by atomic mass is 9.88. The lowest BCUT2D eigenvalue weighted by Gasteiger charge is -2.32. The van der Waals surface area contributed by atoms with Crippen molar-refractivity contribution in [2.75, 3.05) is 20.1 Å². The summed E-state index contributed by atoms with van der Waals surface area (Å²) in [5.41, 5.74) is 6.96. The molecule has 0 radical (unpaired) electrons. The number of carbonyl (C=O) groups is 1. The summed E-state index contributed by atoms with van der Waals surface area (Å²) >= 11 is 0. The smallest absolute Gasteiger partial charge is 0.227 e. The third kappa shape index (κ3) is 2.83. The molecular weight excluding hydrogens is 252 g/mol. The second-order valence-electron chi connectivity index (χ2n) is 5.95. The molecule has 0 bridgehead atoms. The molecule has 5 heteroatoms. The molecule has 0 spiro atoms. The first-order chi connectivity index (χ1) is 9.48. The highest BCUT2D eigenvalue weighted by atomic mass is 16.2. The zero-order chi connectivity index (χ0) is 14.8. The summed E-state index contributed by atoms with van der Waals surface area (Å²) in [6.07, 6.45) is 4.49. The second-order valence-corrected chi connectivity index (χ2v) is 5.95. The lowest BCUT2D eigenvalue weighted by Crippen LogP contribution is -2.42. The molecule has 2 rings (SSSR count). The van der Waals surface area contributed by atoms with Crippen LogP contribution >= 0.6 is 0 Å². The minimum Gasteiger partial charge on any atom is -0.359 e. The Balaban J connectivity index is 2.19. The molecule has 1 aromatic heterocycles. The van der Waals surface area contributed by atoms with Crippen LogP contribution in [0.2, 0.25) is 0 Å². The highest BCUT2D eigenvalue weighted by Crippen LogP contribution is 2.36. The fraction of sp³-hybridized carbons (Fsp3) is 0.600. The predicted molar refractivity (Wildman–Crippen MR) is 79.0 cm³/mol. The van der Waals surface area contributed by atoms with E-state index in [9.17, 15) is 4.79 Å². The third-order valence-corrected chi connectivity index (χ3v) is 4.20. The number of likely N-dealkylation sites (tertiary alicyclic amines) is 1. The van der Waals surface area contributed by atoms with Gasteiger partial charge in [0.05, 0.1) is 11.5 Å². The van der Waals surface area contributed by atoms with Gasteiger partial charge in [-0.2, -0.15) is 0 Å². The summed E-state index contributed by atoms with van der Waals surface area (Å²) < 4.78 is 0. The molecule has 2 heterocycles. The minimum atomic E-state index is -0.329. The topological polar surface area (TPSA) is 71.2 Å². The van der Waals surface area contributed by atoms with Gasteiger partial charge in [0.2, 0.25) is 5.91 Å². The standard InChI is InChI=1S/C15H24N4O/c1-11(16)13(12-5-4-7-18-9-12)19-8-6-15(2,10-19)14(20)17-3/h4-5,7,9,11,13H,6,8,10,16H2,1-3H3,(H,17,20). The van der Waals surface area contributed by atoms with Crippen molar-refractivity contribution >= 4 is 5.91 Å². The Hall–Kier alpha value is -1.46. The van der Waals surface area contributed by atoms with Crippen LogP contribution in [0.3, 0.4) is 0 Å². The maximum Gasteiger partial charge on any atom is 0.227 e. The number of amides is 1. The third-order valence-electron chi connectivity index (χ3n) is 4.20. The number of rotatable bonds is 4. The molecule has 0 aromatic carbocycles. The van der Waals surface area contributed by atoms with E-state index < -0.39 is 0 Å². The van der Waals surface area contributed by atoms with Gasteiger partial charge < -0.3 is 11.1 Å². The molecule has 20 heavy (non-hydrogen) atoms. The van der Waals surface area contributed by atoms with Gasteiger partial charge in [-0.1, -0.05) is 6.07 Å². The average Bonchev–Trinajstić information content (AvgIpc) is 2.82. The number of nitrogens with zero attached hydrogens (tertiary/aromatic N) is 2. The number of hydrogen-bond donors (Lipinski definition) is 2. The molecule has 3 N–H and O–H groups in total. The van der Waals surface area contributed by atoms with Crippen molar-refractivity contribution in [2.24, 2.45) is 11.1 Å². The number of aromatic nitrogens is 1. The second kappa shape index (κ2) is 5.89. The average molecular weight is 276 g/mol. The monoisotopic (exact) mass is 276 g/mol. The zero-order valence-electron chi connectivity index (χ0n) is 12.5. The number of nitrogens with one attached hydrogen (secondary N) is 1. The highest BCUT2D eigenvalue weighted by Gasteiger charge is 2.42. The van der Waals surface area contributed by atoms with E-state index in [1.807, 2.05) is 26.1 Å². The number of carbonyl (C=O) groups excluding carboxylic acids is 1. The summed E-state index contributed by atoms with van der Waals surface area (Å²) in [6, 6.07) is 4.08. The zero-order valence-corrected chi connectivity index (χ0v) is 12.5. The Labute approximate surface area is 120 Å². The molecule has 3 atom stereocenters. The molecule has 1 aromatic rings. The SMILES string of the molecule is CNC(=O)C1(C)CCN(C(c2cccnc2)C(C)N)C1. The van der Waals surface area contributed by atoms with Gasteiger partial charge in [0, 0.05) is 32.0 Å². The molecule has 1 aliphatic rings. The molecule has 3 unspecified atom stereocenters. The fourth-order valence-electron chi connectivity index (χ4n) is 3.12. The minimum absolute atomic E-state index is 0.00811. The van der Waals surface area contributed by atoms with Gasteiger partial charge in [-0.15, -0.1) is 0 Å². The summed E-state index contributed by atoms with van der Waals surface area (Å²) in [5.74, 6) is 0.106. The van der Waals surface area contributed by atoms with Crippen molar-refractivity contribution < 1.29 is 4.79 Å². The summed E-state index contributed by atoms with van der Waals surface area (Å²) in [7, 11) is 1.69. The molecule has 0 saturated carbocycles. The molecule has 1 aliphatic heterocycles. The van der Waals surface area contributed by atoms with E-state index in [1.54, 1.807) is 13.2 Å². The van der Waals surface area contributed by atoms with Crippen LogP contribution in [-0.4, -0.2) is 42.0 Å². The van der Waals surface area contributed by atoms with Gasteiger partial charge in [0.25, 0.3) is 0 Å². The van der Waals surface area contributed by atoms with E-state index >= 15 is 0 Å². The van der Waals surface area contributed by atoms with Crippen molar-refractivity contribution in [3.8, 4) is 0 Å². The van der Waals surface area contributed by atoms with E-state index in [0.717, 1.165) is 25.1 Å². The maximum atomic E-state index is 12.0. The molecule has 5 nitrogen and oxygen atoms in total. The summed E-state index contributed by atoms with van der Waals surface area (Å²) in [6.45, 7) is 5.64. The predicted octanol–water partition coefficient (Wildman–Crippen LogP) is 0.928. The molecule has 110 valence electrons. The first kappa shape index (κ1) is 14.9. The quantitative estimate of drug-likeness (QED) is 0.858. The molecule has 1 amide bonds. The van der Waals surface area contributed by atoms with Gasteiger partial charge in [-0.05, 0) is 38.4 Å². The Morgan fingerprint density at radius 2 is 2.35 bits per heavy atom. The van der Waals surface area contributed by atoms with Crippen LogP contribution in [0, 0.1) is 5.41 Å². The van der Waals surface area contributed by atoms with Crippen molar-refractivity contribution in [2.45, 2.75) is 32.4 Å². The van der Waals surface area contributed by atoms with Crippen LogP contribution < -0.4 is 11.1 Å². The van der Waals surface area contributed by atoms with Gasteiger partial charge in [-0.3, -0.25) is 14.7 Å². The van der Waals surface area contributed by atoms with Gasteiger partial charge in [0.1, 0.15) is 0 Å². The lowest BCUT2D eigenvalue weighted by molar-refractivity contribution is -0.129. The number of nitrogens with two attached hydrogens (primary N) is 1. The van der Waals surface area contributed by atoms with E-state index in [2.05, 4.69) is 21.3 Å². The Bertz CT molecular complexity index is 462. The van der Waals surface area contributed by atoms with Gasteiger partial charge in [-0.25, -0.2) is 0 Å². The molecule has 0 aliphatic carbocycles. The van der Waals surface area contributed by atoms with Gasteiger partial charge >= 0.3 is 0 Å². The first-order valence-electron chi connectivity index (χ1n) is 7.09. The normalized spacial score (nSPS) is 26.2. The van der Waals surface area contributed by atoms with E-state index in [4.69, 9.17) is 5.73 Å². The Morgan fingerprint density at radius 3 is 2.90 bits per heavy atom. The van der Waals surface area contributed by atoms with E-state index in [1.165, 1.54) is 0 Å². The Kier molecular flexibility index (Phi) is 4.40. The molecule has 1 fully saturated rings. The maximum absolute atomic E-state index is 12.0. The van der Waals surface area contributed by atoms with E-state index in [0.29, 0.717) is 0 Å². The van der Waals surface area contributed by atoms with Crippen molar-refractivity contribution in [1.29, 1.82) is 0 Å². The summed E-state index contributed by atoms with van der Waals surface area (Å²) in [5, 5.41) is 2.77. The summed E-state index contributed by atoms with van der Waals surface area (Å²) in [4.78, 5) is 18.5. The van der Waals surface area contributed by atoms with Crippen LogP contribution in [0.1, 0.15) is 31.9 Å². The van der Waals surface area contributed by atoms with Gasteiger partial charge in [0.15, 0.2) is 0 Å². The van der Waals surface area contributed by atoms with Crippen molar-refractivity contribution in [3.05, 3.63) is 30.1 Å². The van der Waals surface area contributed by atoms with Crippen LogP contribution in [0.25, 0.3) is 0 Å². The molecular formula is C15H24N4O. The Morgan fingerprint density at radius 1 is 1.60 bits per heavy atom. The van der Waals surface area contributed by atoms with Crippen molar-refractivity contribution in [3.63, 3.8) is 0 Å². The fourth-order valence-corrected chi connectivity index (χ4v) is 3.12. The largest absolute Gasteiger partial charge is 0.359 e.